The maximum Gasteiger partial charge on any atom is 0.410 e. The van der Waals surface area contributed by atoms with Crippen LogP contribution in [0.1, 0.15) is 36.3 Å². The third kappa shape index (κ3) is 5.91. The Balaban J connectivity index is 1.66. The van der Waals surface area contributed by atoms with Crippen molar-refractivity contribution in [2.24, 2.45) is 0 Å². The zero-order valence-electron chi connectivity index (χ0n) is 24.5. The van der Waals surface area contributed by atoms with Gasteiger partial charge in [0.2, 0.25) is 0 Å². The molecular formula is C32H31N3O9S. The molecule has 1 aliphatic carbocycles. The Bertz CT molecular complexity index is 1780. The normalized spacial score (nSPS) is 13.9. The molecule has 0 spiro atoms. The minimum absolute atomic E-state index is 0.186. The van der Waals surface area contributed by atoms with Gasteiger partial charge in [-0.3, -0.25) is 19.8 Å². The molecule has 2 unspecified atom stereocenters. The fraction of sp³-hybridized carbons (Fsp3) is 0.250. The minimum Gasteiger partial charge on any atom is -0.480 e. The molecule has 1 N–H and O–H groups in total. The van der Waals surface area contributed by atoms with Crippen LogP contribution in [0.3, 0.4) is 0 Å². The molecule has 45 heavy (non-hydrogen) atoms. The number of carbonyl (C=O) groups is 2. The van der Waals surface area contributed by atoms with Crippen molar-refractivity contribution in [2.75, 3.05) is 13.7 Å². The number of aliphatic carboxylic acids is 1. The smallest absolute Gasteiger partial charge is 0.410 e. The zero-order chi connectivity index (χ0) is 32.3. The van der Waals surface area contributed by atoms with E-state index in [1.54, 1.807) is 6.92 Å². The fourth-order valence-electron chi connectivity index (χ4n) is 5.90. The van der Waals surface area contributed by atoms with Gasteiger partial charge in [-0.1, -0.05) is 67.6 Å². The molecule has 1 aliphatic rings. The highest BCUT2D eigenvalue weighted by Crippen LogP contribution is 2.47. The van der Waals surface area contributed by atoms with Crippen molar-refractivity contribution in [3.8, 4) is 11.1 Å². The Morgan fingerprint density at radius 2 is 1.58 bits per heavy atom. The molecule has 0 saturated carbocycles. The summed E-state index contributed by atoms with van der Waals surface area (Å²) in [6, 6.07) is 19.5. The number of methoxy groups -OCH3 is 1. The number of ether oxygens (including phenoxy) is 1. The van der Waals surface area contributed by atoms with Crippen LogP contribution in [-0.4, -0.2) is 65.5 Å². The highest BCUT2D eigenvalue weighted by Gasteiger charge is 2.45. The van der Waals surface area contributed by atoms with E-state index in [0.29, 0.717) is 0 Å². The second kappa shape index (κ2) is 12.9. The van der Waals surface area contributed by atoms with Crippen LogP contribution in [0.25, 0.3) is 11.1 Å². The van der Waals surface area contributed by atoms with E-state index in [-0.39, 0.29) is 18.6 Å². The van der Waals surface area contributed by atoms with Crippen LogP contribution in [0, 0.1) is 10.1 Å². The van der Waals surface area contributed by atoms with Gasteiger partial charge in [-0.2, -0.15) is 4.31 Å². The fourth-order valence-corrected chi connectivity index (χ4v) is 7.68. The SMILES string of the molecule is CCC(CN(C(Cc1ccco1)C(=O)O)S(=O)(=O)c1ccccc1[N+](=O)[O-])N(C(=O)OC)C1c2ccccc2-c2ccccc21. The highest BCUT2D eigenvalue weighted by molar-refractivity contribution is 7.89. The molecule has 0 fully saturated rings. The van der Waals surface area contributed by atoms with Crippen molar-refractivity contribution < 1.29 is 37.2 Å². The molecule has 3 aromatic carbocycles. The lowest BCUT2D eigenvalue weighted by molar-refractivity contribution is -0.387. The van der Waals surface area contributed by atoms with E-state index in [0.717, 1.165) is 38.7 Å². The lowest BCUT2D eigenvalue weighted by Gasteiger charge is -2.39. The lowest BCUT2D eigenvalue weighted by atomic mass is 10.0. The molecule has 13 heteroatoms. The number of nitro benzene ring substituents is 1. The second-order valence-corrected chi connectivity index (χ2v) is 12.3. The second-order valence-electron chi connectivity index (χ2n) is 10.5. The van der Waals surface area contributed by atoms with Crippen LogP contribution >= 0.6 is 0 Å². The summed E-state index contributed by atoms with van der Waals surface area (Å²) >= 11 is 0. The maximum atomic E-state index is 14.4. The van der Waals surface area contributed by atoms with E-state index in [1.165, 1.54) is 42.5 Å². The quantitative estimate of drug-likeness (QED) is 0.157. The first-order valence-electron chi connectivity index (χ1n) is 14.1. The van der Waals surface area contributed by atoms with Crippen molar-refractivity contribution in [3.05, 3.63) is 118 Å². The van der Waals surface area contributed by atoms with Crippen molar-refractivity contribution in [3.63, 3.8) is 0 Å². The highest BCUT2D eigenvalue weighted by atomic mass is 32.2. The van der Waals surface area contributed by atoms with E-state index in [9.17, 15) is 33.2 Å². The van der Waals surface area contributed by atoms with Crippen LogP contribution in [0.15, 0.2) is 101 Å². The van der Waals surface area contributed by atoms with Gasteiger partial charge in [0.05, 0.1) is 24.3 Å². The number of nitrogens with zero attached hydrogens (tertiary/aromatic N) is 3. The number of carbonyl (C=O) groups excluding carboxylic acids is 1. The Morgan fingerprint density at radius 1 is 0.978 bits per heavy atom. The number of benzene rings is 3. The first kappa shape index (κ1) is 31.4. The van der Waals surface area contributed by atoms with Gasteiger partial charge in [0.1, 0.15) is 11.8 Å². The average Bonchev–Trinajstić information content (AvgIpc) is 3.68. The monoisotopic (exact) mass is 633 g/mol. The van der Waals surface area contributed by atoms with Crippen molar-refractivity contribution in [2.45, 2.75) is 42.8 Å². The summed E-state index contributed by atoms with van der Waals surface area (Å²) in [5, 5.41) is 22.3. The van der Waals surface area contributed by atoms with Crippen molar-refractivity contribution >= 4 is 27.8 Å². The van der Waals surface area contributed by atoms with Gasteiger partial charge in [0.15, 0.2) is 4.90 Å². The van der Waals surface area contributed by atoms with Crippen molar-refractivity contribution in [1.29, 1.82) is 0 Å². The molecule has 5 rings (SSSR count). The van der Waals surface area contributed by atoms with E-state index in [2.05, 4.69) is 0 Å². The van der Waals surface area contributed by atoms with Gasteiger partial charge < -0.3 is 14.3 Å². The first-order valence-corrected chi connectivity index (χ1v) is 15.6. The largest absolute Gasteiger partial charge is 0.480 e. The molecule has 234 valence electrons. The number of amides is 1. The van der Waals surface area contributed by atoms with E-state index in [1.807, 2.05) is 48.5 Å². The molecule has 0 bridgehead atoms. The van der Waals surface area contributed by atoms with Gasteiger partial charge in [-0.15, -0.1) is 0 Å². The molecule has 1 aromatic heterocycles. The molecular weight excluding hydrogens is 602 g/mol. The van der Waals surface area contributed by atoms with Gasteiger partial charge in [-0.25, -0.2) is 13.2 Å². The number of hydrogen-bond acceptors (Lipinski definition) is 8. The summed E-state index contributed by atoms with van der Waals surface area (Å²) in [7, 11) is -3.63. The molecule has 1 heterocycles. The standard InChI is InChI=1S/C32H31N3O9S/c1-3-21(34(32(38)43-2)30-25-14-6-4-12-23(25)24-13-5-7-15-26(24)30)20-33(28(31(36)37)19-22-11-10-18-44-22)45(41,42)29-17-9-8-16-27(29)35(39)40/h4-18,21,28,30H,3,19-20H2,1-2H3,(H,36,37). The predicted molar refractivity (Wildman–Crippen MR) is 163 cm³/mol. The van der Waals surface area contributed by atoms with Crippen LogP contribution in [-0.2, 0) is 26.0 Å². The molecule has 4 aromatic rings. The van der Waals surface area contributed by atoms with Gasteiger partial charge in [0, 0.05) is 25.1 Å². The number of sulfonamides is 1. The zero-order valence-corrected chi connectivity index (χ0v) is 25.3. The Morgan fingerprint density at radius 3 is 2.11 bits per heavy atom. The molecule has 0 saturated heterocycles. The first-order chi connectivity index (χ1) is 21.6. The summed E-state index contributed by atoms with van der Waals surface area (Å²) in [6.45, 7) is 1.23. The number of rotatable bonds is 12. The van der Waals surface area contributed by atoms with Gasteiger partial charge in [-0.05, 0) is 46.9 Å². The van der Waals surface area contributed by atoms with E-state index >= 15 is 0 Å². The Kier molecular flexibility index (Phi) is 9.02. The van der Waals surface area contributed by atoms with E-state index in [4.69, 9.17) is 9.15 Å². The number of furan rings is 1. The number of carboxylic acids is 1. The molecule has 0 radical (unpaired) electrons. The molecule has 0 aliphatic heterocycles. The maximum absolute atomic E-state index is 14.4. The average molecular weight is 634 g/mol. The Hall–Kier alpha value is -5.01. The third-order valence-corrected chi connectivity index (χ3v) is 9.90. The van der Waals surface area contributed by atoms with Crippen LogP contribution < -0.4 is 0 Å². The summed E-state index contributed by atoms with van der Waals surface area (Å²) < 4.78 is 40.0. The number of nitro groups is 1. The lowest BCUT2D eigenvalue weighted by Crippen LogP contribution is -2.54. The number of fused-ring (bicyclic) bond motifs is 3. The summed E-state index contributed by atoms with van der Waals surface area (Å²) in [5.41, 5.74) is 2.67. The molecule has 1 amide bonds. The van der Waals surface area contributed by atoms with Crippen LogP contribution in [0.5, 0.6) is 0 Å². The Labute approximate surface area is 259 Å². The minimum atomic E-state index is -4.85. The predicted octanol–water partition coefficient (Wildman–Crippen LogP) is 5.49. The topological polar surface area (TPSA) is 160 Å². The summed E-state index contributed by atoms with van der Waals surface area (Å²) in [6.07, 6.45) is 0.398. The van der Waals surface area contributed by atoms with Crippen LogP contribution in [0.4, 0.5) is 10.5 Å². The summed E-state index contributed by atoms with van der Waals surface area (Å²) in [5.74, 6) is -1.30. The molecule has 12 nitrogen and oxygen atoms in total. The van der Waals surface area contributed by atoms with Gasteiger partial charge in [0.25, 0.3) is 15.7 Å². The number of para-hydroxylation sites is 1. The van der Waals surface area contributed by atoms with Gasteiger partial charge >= 0.3 is 12.1 Å². The van der Waals surface area contributed by atoms with Crippen molar-refractivity contribution in [1.82, 2.24) is 9.21 Å². The summed E-state index contributed by atoms with van der Waals surface area (Å²) in [4.78, 5) is 38.2. The molecule has 2 atom stereocenters. The van der Waals surface area contributed by atoms with E-state index < -0.39 is 62.3 Å². The van der Waals surface area contributed by atoms with Crippen LogP contribution in [0.2, 0.25) is 0 Å². The number of carboxylic acid groups (broad SMARTS) is 1. The third-order valence-electron chi connectivity index (χ3n) is 7.98. The number of hydrogen-bond donors (Lipinski definition) is 1.